The first kappa shape index (κ1) is 20.3. The molecule has 4 rings (SSSR count). The molecule has 1 N–H and O–H groups in total. The van der Waals surface area contributed by atoms with Crippen molar-refractivity contribution in [1.82, 2.24) is 20.1 Å². The summed E-state index contributed by atoms with van der Waals surface area (Å²) in [6, 6.07) is 18.6. The van der Waals surface area contributed by atoms with E-state index in [1.807, 2.05) is 24.3 Å². The summed E-state index contributed by atoms with van der Waals surface area (Å²) in [5, 5.41) is 11.7. The number of anilines is 1. The van der Waals surface area contributed by atoms with Gasteiger partial charge >= 0.3 is 0 Å². The SMILES string of the molecule is COc1ccc(-c2cnnc(NCC3CCN(CCc4ccccc4)CC3)n2)cc1. The predicted octanol–water partition coefficient (Wildman–Crippen LogP) is 3.91. The number of likely N-dealkylation sites (tertiary alicyclic amines) is 1. The minimum Gasteiger partial charge on any atom is -0.497 e. The van der Waals surface area contributed by atoms with E-state index in [-0.39, 0.29) is 0 Å². The van der Waals surface area contributed by atoms with Crippen molar-refractivity contribution in [3.63, 3.8) is 0 Å². The lowest BCUT2D eigenvalue weighted by Crippen LogP contribution is -2.37. The molecule has 2 heterocycles. The maximum absolute atomic E-state index is 5.22. The summed E-state index contributed by atoms with van der Waals surface area (Å²) in [5.74, 6) is 2.07. The molecule has 6 heteroatoms. The minimum absolute atomic E-state index is 0.592. The number of aromatic nitrogens is 3. The van der Waals surface area contributed by atoms with Crippen LogP contribution in [0, 0.1) is 5.92 Å². The highest BCUT2D eigenvalue weighted by Gasteiger charge is 2.19. The topological polar surface area (TPSA) is 63.2 Å². The lowest BCUT2D eigenvalue weighted by atomic mass is 9.96. The highest BCUT2D eigenvalue weighted by Crippen LogP contribution is 2.21. The van der Waals surface area contributed by atoms with Crippen LogP contribution in [0.4, 0.5) is 5.95 Å². The third-order valence-electron chi connectivity index (χ3n) is 5.76. The van der Waals surface area contributed by atoms with E-state index in [0.29, 0.717) is 11.9 Å². The van der Waals surface area contributed by atoms with Gasteiger partial charge in [0.25, 0.3) is 0 Å². The van der Waals surface area contributed by atoms with E-state index in [0.717, 1.165) is 49.6 Å². The predicted molar refractivity (Wildman–Crippen MR) is 120 cm³/mol. The van der Waals surface area contributed by atoms with Gasteiger partial charge in [0, 0.05) is 18.7 Å². The molecule has 1 fully saturated rings. The summed E-state index contributed by atoms with van der Waals surface area (Å²) >= 11 is 0. The minimum atomic E-state index is 0.592. The summed E-state index contributed by atoms with van der Waals surface area (Å²) in [5.41, 5.74) is 3.23. The van der Waals surface area contributed by atoms with Gasteiger partial charge in [-0.1, -0.05) is 30.3 Å². The summed E-state index contributed by atoms with van der Waals surface area (Å²) in [6.07, 6.45) is 5.22. The Kier molecular flexibility index (Phi) is 6.87. The van der Waals surface area contributed by atoms with Crippen LogP contribution >= 0.6 is 0 Å². The van der Waals surface area contributed by atoms with Gasteiger partial charge in [-0.2, -0.15) is 5.10 Å². The zero-order valence-electron chi connectivity index (χ0n) is 17.5. The monoisotopic (exact) mass is 403 g/mol. The first-order valence-corrected chi connectivity index (χ1v) is 10.6. The maximum atomic E-state index is 5.22. The number of hydrogen-bond donors (Lipinski definition) is 1. The molecule has 1 aromatic heterocycles. The molecule has 0 aliphatic carbocycles. The third kappa shape index (κ3) is 5.54. The van der Waals surface area contributed by atoms with Crippen molar-refractivity contribution in [3.8, 4) is 17.0 Å². The molecule has 0 bridgehead atoms. The van der Waals surface area contributed by atoms with Gasteiger partial charge < -0.3 is 15.0 Å². The van der Waals surface area contributed by atoms with Crippen LogP contribution in [-0.2, 0) is 6.42 Å². The number of hydrogen-bond acceptors (Lipinski definition) is 6. The zero-order valence-corrected chi connectivity index (χ0v) is 17.5. The Morgan fingerprint density at radius 2 is 1.80 bits per heavy atom. The average Bonchev–Trinajstić information content (AvgIpc) is 2.83. The molecule has 156 valence electrons. The van der Waals surface area contributed by atoms with E-state index >= 15 is 0 Å². The molecule has 1 saturated heterocycles. The van der Waals surface area contributed by atoms with Gasteiger partial charge in [-0.3, -0.25) is 0 Å². The van der Waals surface area contributed by atoms with Gasteiger partial charge in [0.2, 0.25) is 5.95 Å². The normalized spacial score (nSPS) is 15.1. The van der Waals surface area contributed by atoms with Crippen molar-refractivity contribution >= 4 is 5.95 Å². The molecule has 1 aliphatic rings. The number of nitrogens with one attached hydrogen (secondary N) is 1. The van der Waals surface area contributed by atoms with E-state index < -0.39 is 0 Å². The second kappa shape index (κ2) is 10.2. The molecular formula is C24H29N5O. The van der Waals surface area contributed by atoms with Crippen LogP contribution in [0.25, 0.3) is 11.3 Å². The van der Waals surface area contributed by atoms with Crippen molar-refractivity contribution in [2.75, 3.05) is 38.6 Å². The second-order valence-electron chi connectivity index (χ2n) is 7.80. The molecule has 0 unspecified atom stereocenters. The Bertz CT molecular complexity index is 908. The van der Waals surface area contributed by atoms with Crippen LogP contribution in [-0.4, -0.2) is 53.4 Å². The van der Waals surface area contributed by atoms with Crippen molar-refractivity contribution in [2.45, 2.75) is 19.3 Å². The van der Waals surface area contributed by atoms with Gasteiger partial charge in [0.05, 0.1) is 19.0 Å². The molecule has 30 heavy (non-hydrogen) atoms. The number of ether oxygens (including phenoxy) is 1. The van der Waals surface area contributed by atoms with Crippen LogP contribution in [0.3, 0.4) is 0 Å². The first-order valence-electron chi connectivity index (χ1n) is 10.6. The molecule has 0 spiro atoms. The molecule has 0 atom stereocenters. The lowest BCUT2D eigenvalue weighted by molar-refractivity contribution is 0.191. The Balaban J connectivity index is 1.23. The van der Waals surface area contributed by atoms with E-state index in [4.69, 9.17) is 4.74 Å². The van der Waals surface area contributed by atoms with E-state index in [9.17, 15) is 0 Å². The molecule has 2 aromatic carbocycles. The third-order valence-corrected chi connectivity index (χ3v) is 5.76. The number of benzene rings is 2. The largest absolute Gasteiger partial charge is 0.497 e. The molecular weight excluding hydrogens is 374 g/mol. The fourth-order valence-electron chi connectivity index (χ4n) is 3.86. The summed E-state index contributed by atoms with van der Waals surface area (Å²) in [7, 11) is 1.66. The Morgan fingerprint density at radius 1 is 1.03 bits per heavy atom. The van der Waals surface area contributed by atoms with Gasteiger partial charge in [0.15, 0.2) is 0 Å². The van der Waals surface area contributed by atoms with Crippen LogP contribution < -0.4 is 10.1 Å². The van der Waals surface area contributed by atoms with Crippen molar-refractivity contribution in [3.05, 3.63) is 66.4 Å². The van der Waals surface area contributed by atoms with Crippen molar-refractivity contribution in [1.29, 1.82) is 0 Å². The first-order chi connectivity index (χ1) is 14.8. The smallest absolute Gasteiger partial charge is 0.243 e. The Morgan fingerprint density at radius 3 is 2.53 bits per heavy atom. The maximum Gasteiger partial charge on any atom is 0.243 e. The number of methoxy groups -OCH3 is 1. The van der Waals surface area contributed by atoms with Gasteiger partial charge in [-0.05, 0) is 68.1 Å². The fourth-order valence-corrected chi connectivity index (χ4v) is 3.86. The molecule has 3 aromatic rings. The summed E-state index contributed by atoms with van der Waals surface area (Å²) in [6.45, 7) is 4.34. The highest BCUT2D eigenvalue weighted by molar-refractivity contribution is 5.60. The van der Waals surface area contributed by atoms with Gasteiger partial charge in [0.1, 0.15) is 5.75 Å². The number of rotatable bonds is 8. The van der Waals surface area contributed by atoms with E-state index in [2.05, 4.69) is 55.7 Å². The van der Waals surface area contributed by atoms with E-state index in [1.165, 1.54) is 18.4 Å². The number of piperidine rings is 1. The average molecular weight is 404 g/mol. The quantitative estimate of drug-likeness (QED) is 0.615. The molecule has 6 nitrogen and oxygen atoms in total. The van der Waals surface area contributed by atoms with E-state index in [1.54, 1.807) is 13.3 Å². The van der Waals surface area contributed by atoms with Crippen molar-refractivity contribution in [2.24, 2.45) is 5.92 Å². The van der Waals surface area contributed by atoms with Crippen LogP contribution in [0.5, 0.6) is 5.75 Å². The summed E-state index contributed by atoms with van der Waals surface area (Å²) in [4.78, 5) is 7.20. The second-order valence-corrected chi connectivity index (χ2v) is 7.80. The van der Waals surface area contributed by atoms with Gasteiger partial charge in [-0.25, -0.2) is 4.98 Å². The lowest BCUT2D eigenvalue weighted by Gasteiger charge is -2.32. The van der Waals surface area contributed by atoms with Crippen molar-refractivity contribution < 1.29 is 4.74 Å². The number of nitrogens with zero attached hydrogens (tertiary/aromatic N) is 4. The Labute approximate surface area is 178 Å². The standard InChI is InChI=1S/C24H29N5O/c1-30-22-9-7-21(8-10-22)23-18-26-28-24(27-23)25-17-20-12-15-29(16-13-20)14-11-19-5-3-2-4-6-19/h2-10,18,20H,11-17H2,1H3,(H,25,27,28). The zero-order chi connectivity index (χ0) is 20.6. The molecule has 1 aliphatic heterocycles. The highest BCUT2D eigenvalue weighted by atomic mass is 16.5. The van der Waals surface area contributed by atoms with Crippen LogP contribution in [0.2, 0.25) is 0 Å². The molecule has 0 saturated carbocycles. The summed E-state index contributed by atoms with van der Waals surface area (Å²) < 4.78 is 5.22. The molecule has 0 amide bonds. The van der Waals surface area contributed by atoms with Crippen LogP contribution in [0.15, 0.2) is 60.8 Å². The fraction of sp³-hybridized carbons (Fsp3) is 0.375. The Hall–Kier alpha value is -2.99. The van der Waals surface area contributed by atoms with Crippen LogP contribution in [0.1, 0.15) is 18.4 Å². The van der Waals surface area contributed by atoms with Gasteiger partial charge in [-0.15, -0.1) is 5.10 Å². The molecule has 0 radical (unpaired) electrons.